The van der Waals surface area contributed by atoms with Crippen molar-refractivity contribution in [2.75, 3.05) is 0 Å². The minimum Gasteiger partial charge on any atom is -0.288 e. The number of aryl methyl sites for hydroxylation is 4. The van der Waals surface area contributed by atoms with E-state index in [2.05, 4.69) is 173 Å². The Balaban J connectivity index is 0.929. The van der Waals surface area contributed by atoms with Crippen LogP contribution in [0.5, 0.6) is 0 Å². The van der Waals surface area contributed by atoms with Gasteiger partial charge in [0.15, 0.2) is 0 Å². The van der Waals surface area contributed by atoms with Gasteiger partial charge in [-0.2, -0.15) is 21.0 Å². The summed E-state index contributed by atoms with van der Waals surface area (Å²) in [6.45, 7) is 9.09. The molecule has 534 valence electrons. The molecule has 0 atom stereocenters. The zero-order valence-electron chi connectivity index (χ0n) is 61.0. The lowest BCUT2D eigenvalue weighted by atomic mass is 9.65. The van der Waals surface area contributed by atoms with E-state index >= 15 is 0 Å². The van der Waals surface area contributed by atoms with E-state index in [1.165, 1.54) is 187 Å². The largest absolute Gasteiger partial charge is 0.288 e. The molecule has 108 heavy (non-hydrogen) atoms. The van der Waals surface area contributed by atoms with Crippen LogP contribution >= 0.6 is 90.7 Å². The van der Waals surface area contributed by atoms with Crippen LogP contribution < -0.4 is 0 Å². The fourth-order valence-electron chi connectivity index (χ4n) is 17.6. The highest BCUT2D eigenvalue weighted by Crippen LogP contribution is 2.69. The number of fused-ring (bicyclic) bond motifs is 16. The fourth-order valence-corrected chi connectivity index (χ4v) is 27.8. The van der Waals surface area contributed by atoms with Gasteiger partial charge >= 0.3 is 0 Å². The molecule has 0 radical (unpaired) electrons. The lowest BCUT2D eigenvalue weighted by Gasteiger charge is -2.36. The molecule has 0 unspecified atom stereocenters. The molecule has 0 saturated carbocycles. The van der Waals surface area contributed by atoms with E-state index in [0.29, 0.717) is 43.2 Å². The minimum atomic E-state index is -0.841. The van der Waals surface area contributed by atoms with Gasteiger partial charge in [-0.1, -0.05) is 202 Å². The Morgan fingerprint density at radius 2 is 0.676 bits per heavy atom. The van der Waals surface area contributed by atoms with Crippen molar-refractivity contribution >= 4 is 163 Å². The van der Waals surface area contributed by atoms with Crippen LogP contribution in [0.1, 0.15) is 237 Å². The van der Waals surface area contributed by atoms with E-state index in [9.17, 15) is 30.6 Å². The summed E-state index contributed by atoms with van der Waals surface area (Å²) in [5.74, 6) is -0.298. The van der Waals surface area contributed by atoms with E-state index in [1.807, 2.05) is 57.7 Å². The standard InChI is InChI=1S/C94H78N4O2S8/c1-5-9-13-17-21-55-25-33-61(34-26-55)93(62-35-27-56(28-36-62)22-18-14-10-6-2)71-49-68-72(50-67(71)85-81(93)89-75(107-85)47-65(103-89)45-69-77(59(51-95)52-96)79-87-73(41-43-101-87)105-91(79)83(69)99)94(63-37-29-57(30-38-63)23-19-15-11-7-3,64-39-31-58(32-40-64)24-20-16-12-8-4)82-86(68)108-76-48-66(104-90(76)82)46-70-78(60(53-97)54-98)80-88-74(42-44-102-88)106-92(80)84(70)100/h25-50H,5-24H2,1-4H3/b69-45-,70-46-. The lowest BCUT2D eigenvalue weighted by Crippen LogP contribution is -2.30. The van der Waals surface area contributed by atoms with Crippen LogP contribution in [0.25, 0.3) is 81.8 Å². The van der Waals surface area contributed by atoms with Crippen molar-refractivity contribution in [2.45, 2.75) is 167 Å². The van der Waals surface area contributed by atoms with E-state index in [0.717, 1.165) is 98.7 Å². The Kier molecular flexibility index (Phi) is 20.0. The van der Waals surface area contributed by atoms with Crippen LogP contribution in [0.4, 0.5) is 0 Å². The van der Waals surface area contributed by atoms with Crippen LogP contribution in [-0.2, 0) is 36.5 Å². The summed E-state index contributed by atoms with van der Waals surface area (Å²) in [4.78, 5) is 35.3. The van der Waals surface area contributed by atoms with Crippen molar-refractivity contribution in [2.24, 2.45) is 0 Å². The number of allylic oxidation sites excluding steroid dienone is 6. The van der Waals surface area contributed by atoms with Crippen LogP contribution in [0, 0.1) is 45.3 Å². The van der Waals surface area contributed by atoms with Gasteiger partial charge in [-0.3, -0.25) is 9.59 Å². The maximum atomic E-state index is 15.0. The molecule has 0 bridgehead atoms. The highest BCUT2D eigenvalue weighted by atomic mass is 32.1. The summed E-state index contributed by atoms with van der Waals surface area (Å²) in [6.07, 6.45) is 26.8. The molecule has 8 aromatic heterocycles. The number of unbranched alkanes of at least 4 members (excludes halogenated alkanes) is 12. The Morgan fingerprint density at radius 1 is 0.361 bits per heavy atom. The van der Waals surface area contributed by atoms with Gasteiger partial charge in [0.2, 0.25) is 11.6 Å². The summed E-state index contributed by atoms with van der Waals surface area (Å²) in [7, 11) is 0. The number of nitriles is 4. The second-order valence-corrected chi connectivity index (χ2v) is 37.5. The van der Waals surface area contributed by atoms with Crippen molar-refractivity contribution in [3.63, 3.8) is 0 Å². The molecule has 14 heteroatoms. The van der Waals surface area contributed by atoms with E-state index < -0.39 is 10.8 Å². The molecule has 5 aromatic carbocycles. The number of hydrogen-bond donors (Lipinski definition) is 0. The monoisotopic (exact) mass is 1550 g/mol. The summed E-state index contributed by atoms with van der Waals surface area (Å²) < 4.78 is 8.36. The molecular weight excluding hydrogens is 1470 g/mol. The van der Waals surface area contributed by atoms with Crippen molar-refractivity contribution in [1.29, 1.82) is 21.0 Å². The molecule has 0 N–H and O–H groups in total. The predicted octanol–water partition coefficient (Wildman–Crippen LogP) is 28.2. The smallest absolute Gasteiger partial charge is 0.204 e. The van der Waals surface area contributed by atoms with Crippen LogP contribution in [0.15, 0.2) is 167 Å². The van der Waals surface area contributed by atoms with E-state index in [4.69, 9.17) is 0 Å². The fraction of sp³-hybridized carbons (Fsp3) is 0.277. The maximum absolute atomic E-state index is 15.0. The third-order valence-electron chi connectivity index (χ3n) is 22.8. The average molecular weight is 1550 g/mol. The molecular formula is C94H78N4O2S8. The zero-order chi connectivity index (χ0) is 74.0. The first kappa shape index (κ1) is 71.9. The highest BCUT2D eigenvalue weighted by molar-refractivity contribution is 7.32. The molecule has 0 fully saturated rings. The van der Waals surface area contributed by atoms with Crippen molar-refractivity contribution in [1.82, 2.24) is 0 Å². The Hall–Kier alpha value is -9.00. The second kappa shape index (κ2) is 30.1. The molecule has 0 spiro atoms. The number of rotatable bonds is 26. The first-order valence-corrected chi connectivity index (χ1v) is 45.0. The second-order valence-electron chi connectivity index (χ2n) is 29.3. The summed E-state index contributed by atoms with van der Waals surface area (Å²) >= 11 is 13.0. The van der Waals surface area contributed by atoms with Gasteiger partial charge < -0.3 is 0 Å². The van der Waals surface area contributed by atoms with Crippen molar-refractivity contribution in [3.05, 3.63) is 264 Å². The number of carbonyl (C=O) groups excluding carboxylic acids is 2. The van der Waals surface area contributed by atoms with Gasteiger partial charge in [0, 0.05) is 82.9 Å². The quantitative estimate of drug-likeness (QED) is 0.0302. The third-order valence-corrected chi connectivity index (χ3v) is 32.1. The van der Waals surface area contributed by atoms with E-state index in [1.54, 1.807) is 45.3 Å². The molecule has 6 nitrogen and oxygen atoms in total. The Labute approximate surface area is 663 Å². The van der Waals surface area contributed by atoms with E-state index in [-0.39, 0.29) is 22.7 Å². The van der Waals surface area contributed by atoms with Crippen molar-refractivity contribution in [3.8, 4) is 45.2 Å². The summed E-state index contributed by atoms with van der Waals surface area (Å²) in [6, 6.07) is 61.1. The average Bonchev–Trinajstić information content (AvgIpc) is 1.47. The summed E-state index contributed by atoms with van der Waals surface area (Å²) in [5.41, 5.74) is 18.6. The Bertz CT molecular complexity index is 5570. The number of nitrogens with zero attached hydrogens (tertiary/aromatic N) is 4. The number of Topliss-reactive ketones (excluding diaryl/α,β-unsaturated/α-hetero) is 2. The first-order chi connectivity index (χ1) is 53.0. The number of benzene rings is 5. The predicted molar refractivity (Wildman–Crippen MR) is 459 cm³/mol. The molecule has 0 amide bonds. The van der Waals surface area contributed by atoms with Crippen LogP contribution in [0.2, 0.25) is 0 Å². The molecule has 4 aliphatic carbocycles. The SMILES string of the molecule is CCCCCCc1ccc(C2(c3ccc(CCCCCC)cc3)c3cc4c(cc3-c3sc5cc(/C=C6\C(=O)c7sc8ccsc8c7C6=C(C#N)C#N)sc5c32)C(c2ccc(CCCCCC)cc2)(c2ccc(CCCCCC)cc2)c2c-4sc3cc(/C=C4\C(=O)c5sc6ccsc6c5C4=C(C#N)C#N)sc23)cc1. The molecule has 17 rings (SSSR count). The van der Waals surface area contributed by atoms with Crippen LogP contribution in [-0.4, -0.2) is 11.6 Å². The number of ketones is 2. The molecule has 4 aliphatic rings. The van der Waals surface area contributed by atoms with Gasteiger partial charge in [-0.05, 0) is 177 Å². The van der Waals surface area contributed by atoms with Crippen LogP contribution in [0.3, 0.4) is 0 Å². The zero-order valence-corrected chi connectivity index (χ0v) is 67.6. The van der Waals surface area contributed by atoms with Gasteiger partial charge in [-0.25, -0.2) is 0 Å². The third kappa shape index (κ3) is 11.8. The first-order valence-electron chi connectivity index (χ1n) is 38.4. The van der Waals surface area contributed by atoms with Crippen molar-refractivity contribution < 1.29 is 9.59 Å². The minimum absolute atomic E-state index is 0.0546. The molecule has 0 saturated heterocycles. The molecule has 8 heterocycles. The number of thiophene rings is 8. The molecule has 0 aliphatic heterocycles. The van der Waals surface area contributed by atoms with Gasteiger partial charge in [0.05, 0.1) is 39.4 Å². The number of hydrogen-bond acceptors (Lipinski definition) is 14. The van der Waals surface area contributed by atoms with Gasteiger partial charge in [0.1, 0.15) is 35.4 Å². The number of carbonyl (C=O) groups is 2. The topological polar surface area (TPSA) is 129 Å². The van der Waals surface area contributed by atoms with Gasteiger partial charge in [0.25, 0.3) is 0 Å². The Morgan fingerprint density at radius 3 is 0.981 bits per heavy atom. The van der Waals surface area contributed by atoms with Gasteiger partial charge in [-0.15, -0.1) is 90.7 Å². The molecule has 13 aromatic rings. The maximum Gasteiger partial charge on any atom is 0.204 e. The lowest BCUT2D eigenvalue weighted by molar-refractivity contribution is 0.103. The normalized spacial score (nSPS) is 15.0. The highest BCUT2D eigenvalue weighted by Gasteiger charge is 2.55. The summed E-state index contributed by atoms with van der Waals surface area (Å²) in [5, 5.41) is 46.5.